The molecule has 0 amide bonds. The van der Waals surface area contributed by atoms with Crippen LogP contribution in [0.4, 0.5) is 4.39 Å². The van der Waals surface area contributed by atoms with E-state index in [4.69, 9.17) is 0 Å². The van der Waals surface area contributed by atoms with E-state index in [1.807, 2.05) is 13.0 Å². The summed E-state index contributed by atoms with van der Waals surface area (Å²) in [6.45, 7) is 7.93. The Labute approximate surface area is 81.9 Å². The maximum Gasteiger partial charge on any atom is 0.0785 e. The zero-order valence-electron chi connectivity index (χ0n) is 9.02. The van der Waals surface area contributed by atoms with E-state index in [2.05, 4.69) is 31.7 Å². The monoisotopic (exact) mass is 184 g/mol. The third-order valence-corrected chi connectivity index (χ3v) is 1.53. The molecule has 0 aliphatic heterocycles. The first-order chi connectivity index (χ1) is 6.35. The van der Waals surface area contributed by atoms with Crippen LogP contribution in [0.3, 0.4) is 0 Å². The maximum absolute atomic E-state index is 9.50. The molecule has 0 aromatic carbocycles. The lowest BCUT2D eigenvalue weighted by Crippen LogP contribution is -1.77. The summed E-state index contributed by atoms with van der Waals surface area (Å²) in [6, 6.07) is 0. The van der Waals surface area contributed by atoms with Crippen LogP contribution in [-0.4, -0.2) is 7.18 Å². The Morgan fingerprint density at radius 2 is 2.00 bits per heavy atom. The highest BCUT2D eigenvalue weighted by atomic mass is 19.1. The van der Waals surface area contributed by atoms with Crippen LogP contribution in [0.5, 0.6) is 0 Å². The van der Waals surface area contributed by atoms with Crippen molar-refractivity contribution in [1.82, 2.24) is 0 Å². The van der Waals surface area contributed by atoms with E-state index in [1.165, 1.54) is 24.8 Å². The molecule has 0 N–H and O–H groups in total. The summed E-state index contributed by atoms with van der Waals surface area (Å²) in [6.07, 6.45) is 11.9. The molecule has 0 aliphatic carbocycles. The van der Waals surface area contributed by atoms with Gasteiger partial charge in [-0.1, -0.05) is 44.2 Å². The molecule has 76 valence electrons. The van der Waals surface area contributed by atoms with Crippen LogP contribution in [0.15, 0.2) is 36.5 Å². The van der Waals surface area contributed by atoms with E-state index in [1.54, 1.807) is 0 Å². The molecule has 0 radical (unpaired) electrons. The summed E-state index contributed by atoms with van der Waals surface area (Å²) in [5, 5.41) is 0. The van der Waals surface area contributed by atoms with Crippen LogP contribution in [0.2, 0.25) is 0 Å². The lowest BCUT2D eigenvalue weighted by molar-refractivity contribution is 0.636. The molecular formula is C12H21F. The molecule has 0 saturated heterocycles. The van der Waals surface area contributed by atoms with Gasteiger partial charge < -0.3 is 0 Å². The summed E-state index contributed by atoms with van der Waals surface area (Å²) < 4.78 is 9.50. The fourth-order valence-corrected chi connectivity index (χ4v) is 0.969. The molecule has 0 bridgehead atoms. The van der Waals surface area contributed by atoms with E-state index >= 15 is 0 Å². The Bertz CT molecular complexity index is 155. The zero-order chi connectivity index (χ0) is 10.5. The fourth-order valence-electron chi connectivity index (χ4n) is 0.969. The second kappa shape index (κ2) is 13.7. The van der Waals surface area contributed by atoms with Crippen LogP contribution < -0.4 is 0 Å². The molecule has 0 aliphatic rings. The van der Waals surface area contributed by atoms with Gasteiger partial charge in [-0.2, -0.15) is 0 Å². The maximum atomic E-state index is 9.50. The predicted octanol–water partition coefficient (Wildman–Crippen LogP) is 4.45. The molecular weight excluding hydrogens is 163 g/mol. The summed E-state index contributed by atoms with van der Waals surface area (Å²) >= 11 is 0. The minimum Gasteiger partial charge on any atom is -0.255 e. The first-order valence-electron chi connectivity index (χ1n) is 4.67. The van der Waals surface area contributed by atoms with Gasteiger partial charge in [0, 0.05) is 0 Å². The van der Waals surface area contributed by atoms with E-state index in [0.717, 1.165) is 0 Å². The Balaban J connectivity index is 0. The van der Waals surface area contributed by atoms with Gasteiger partial charge in [0.2, 0.25) is 0 Å². The van der Waals surface area contributed by atoms with Gasteiger partial charge in [0.15, 0.2) is 0 Å². The van der Waals surface area contributed by atoms with Gasteiger partial charge in [0.1, 0.15) is 0 Å². The predicted molar refractivity (Wildman–Crippen MR) is 59.7 cm³/mol. The van der Waals surface area contributed by atoms with Gasteiger partial charge in [-0.15, -0.1) is 0 Å². The third-order valence-electron chi connectivity index (χ3n) is 1.53. The van der Waals surface area contributed by atoms with Crippen molar-refractivity contribution in [3.8, 4) is 0 Å². The third kappa shape index (κ3) is 11.1. The second-order valence-electron chi connectivity index (χ2n) is 2.58. The van der Waals surface area contributed by atoms with E-state index < -0.39 is 0 Å². The van der Waals surface area contributed by atoms with Crippen LogP contribution in [0.1, 0.15) is 33.1 Å². The molecule has 0 fully saturated rings. The van der Waals surface area contributed by atoms with Gasteiger partial charge in [0.25, 0.3) is 0 Å². The molecule has 0 rings (SSSR count). The summed E-state index contributed by atoms with van der Waals surface area (Å²) in [4.78, 5) is 0. The molecule has 0 atom stereocenters. The van der Waals surface area contributed by atoms with Crippen molar-refractivity contribution in [2.45, 2.75) is 33.1 Å². The highest BCUT2D eigenvalue weighted by Crippen LogP contribution is 2.08. The number of rotatable bonds is 5. The molecule has 0 aromatic rings. The number of hydrogen-bond donors (Lipinski definition) is 0. The Morgan fingerprint density at radius 1 is 1.38 bits per heavy atom. The number of allylic oxidation sites excluding steroid dienone is 5. The van der Waals surface area contributed by atoms with Gasteiger partial charge >= 0.3 is 0 Å². The zero-order valence-corrected chi connectivity index (χ0v) is 9.02. The van der Waals surface area contributed by atoms with Crippen LogP contribution >= 0.6 is 0 Å². The number of hydrogen-bond acceptors (Lipinski definition) is 0. The first kappa shape index (κ1) is 14.7. The fraction of sp³-hybridized carbons (Fsp3) is 0.500. The van der Waals surface area contributed by atoms with Gasteiger partial charge in [0.05, 0.1) is 7.18 Å². The van der Waals surface area contributed by atoms with E-state index in [9.17, 15) is 4.39 Å². The molecule has 0 nitrogen and oxygen atoms in total. The molecule has 0 aromatic heterocycles. The highest BCUT2D eigenvalue weighted by Gasteiger charge is 1.88. The summed E-state index contributed by atoms with van der Waals surface area (Å²) in [7, 11) is 0.500. The van der Waals surface area contributed by atoms with Gasteiger partial charge in [-0.3, -0.25) is 4.39 Å². The van der Waals surface area contributed by atoms with Crippen molar-refractivity contribution in [2.75, 3.05) is 7.18 Å². The number of alkyl halides is 1. The van der Waals surface area contributed by atoms with Crippen LogP contribution in [0.25, 0.3) is 0 Å². The quantitative estimate of drug-likeness (QED) is 0.554. The van der Waals surface area contributed by atoms with Crippen LogP contribution in [0, 0.1) is 0 Å². The minimum atomic E-state index is 0.500. The first-order valence-corrected chi connectivity index (χ1v) is 4.67. The van der Waals surface area contributed by atoms with Crippen molar-refractivity contribution in [3.63, 3.8) is 0 Å². The Morgan fingerprint density at radius 3 is 2.38 bits per heavy atom. The Hall–Kier alpha value is -0.850. The largest absolute Gasteiger partial charge is 0.255 e. The lowest BCUT2D eigenvalue weighted by atomic mass is 10.1. The van der Waals surface area contributed by atoms with Gasteiger partial charge in [-0.05, 0) is 25.3 Å². The minimum absolute atomic E-state index is 0.500. The van der Waals surface area contributed by atoms with Crippen molar-refractivity contribution in [1.29, 1.82) is 0 Å². The topological polar surface area (TPSA) is 0 Å². The average molecular weight is 184 g/mol. The molecule has 0 spiro atoms. The van der Waals surface area contributed by atoms with Crippen molar-refractivity contribution in [3.05, 3.63) is 36.5 Å². The van der Waals surface area contributed by atoms with Crippen LogP contribution in [-0.2, 0) is 0 Å². The molecule has 0 heterocycles. The second-order valence-corrected chi connectivity index (χ2v) is 2.58. The van der Waals surface area contributed by atoms with E-state index in [-0.39, 0.29) is 0 Å². The molecule has 1 heteroatoms. The van der Waals surface area contributed by atoms with Gasteiger partial charge in [-0.25, -0.2) is 0 Å². The Kier molecular flexibility index (Phi) is 15.5. The summed E-state index contributed by atoms with van der Waals surface area (Å²) in [5.41, 5.74) is 1.38. The smallest absolute Gasteiger partial charge is 0.0785 e. The number of unbranched alkanes of at least 4 members (excludes halogenated alkanes) is 1. The SMILES string of the molecule is C=C/C=C(\C=C/C)CCCC.CF. The normalized spacial score (nSPS) is 10.9. The summed E-state index contributed by atoms with van der Waals surface area (Å²) in [5.74, 6) is 0. The molecule has 0 saturated carbocycles. The molecule has 0 unspecified atom stereocenters. The van der Waals surface area contributed by atoms with Crippen molar-refractivity contribution < 1.29 is 4.39 Å². The standard InChI is InChI=1S/C11H18.CH3F/c1-4-7-10-11(8-5-2)9-6-3;1-2/h5-6,8-9H,2,4,7,10H2,1,3H3;1H3/b9-6-,11-8+;. The lowest BCUT2D eigenvalue weighted by Gasteiger charge is -1.97. The van der Waals surface area contributed by atoms with E-state index in [0.29, 0.717) is 7.18 Å². The molecule has 13 heavy (non-hydrogen) atoms. The van der Waals surface area contributed by atoms with Crippen molar-refractivity contribution in [2.24, 2.45) is 0 Å². The van der Waals surface area contributed by atoms with Crippen molar-refractivity contribution >= 4 is 0 Å². The average Bonchev–Trinajstić information content (AvgIpc) is 2.18. The number of halogens is 1. The highest BCUT2D eigenvalue weighted by molar-refractivity contribution is 5.22.